The van der Waals surface area contributed by atoms with Gasteiger partial charge in [0.15, 0.2) is 6.61 Å². The van der Waals surface area contributed by atoms with Crippen LogP contribution in [0.1, 0.15) is 46.8 Å². The molecule has 148 valence electrons. The van der Waals surface area contributed by atoms with Crippen LogP contribution in [0.15, 0.2) is 78.9 Å². The molecule has 0 atom stereocenters. The molecule has 0 aliphatic heterocycles. The van der Waals surface area contributed by atoms with Crippen LogP contribution in [-0.4, -0.2) is 18.5 Å². The Morgan fingerprint density at radius 3 is 2.21 bits per heavy atom. The van der Waals surface area contributed by atoms with Crippen molar-refractivity contribution in [3.05, 3.63) is 101 Å². The third-order valence-corrected chi connectivity index (χ3v) is 4.67. The molecule has 0 unspecified atom stereocenters. The molecule has 29 heavy (non-hydrogen) atoms. The normalized spacial score (nSPS) is 10.6. The third kappa shape index (κ3) is 5.79. The molecule has 0 bridgehead atoms. The van der Waals surface area contributed by atoms with Crippen molar-refractivity contribution >= 4 is 17.6 Å². The zero-order valence-electron chi connectivity index (χ0n) is 16.7. The van der Waals surface area contributed by atoms with Gasteiger partial charge in [-0.1, -0.05) is 74.5 Å². The maximum Gasteiger partial charge on any atom is 0.338 e. The van der Waals surface area contributed by atoms with Crippen molar-refractivity contribution in [2.75, 3.05) is 11.9 Å². The smallest absolute Gasteiger partial charge is 0.338 e. The molecule has 0 heterocycles. The average Bonchev–Trinajstić information content (AvgIpc) is 2.73. The molecule has 0 radical (unpaired) electrons. The van der Waals surface area contributed by atoms with Crippen molar-refractivity contribution in [3.63, 3.8) is 0 Å². The van der Waals surface area contributed by atoms with E-state index in [-0.39, 0.29) is 12.5 Å². The van der Waals surface area contributed by atoms with Crippen LogP contribution in [0.4, 0.5) is 5.69 Å². The molecule has 3 aromatic carbocycles. The quantitative estimate of drug-likeness (QED) is 0.567. The zero-order chi connectivity index (χ0) is 20.6. The van der Waals surface area contributed by atoms with Crippen molar-refractivity contribution in [2.24, 2.45) is 0 Å². The lowest BCUT2D eigenvalue weighted by molar-refractivity contribution is -0.119. The molecule has 0 saturated heterocycles. The summed E-state index contributed by atoms with van der Waals surface area (Å²) >= 11 is 0. The second-order valence-electron chi connectivity index (χ2n) is 7.22. The zero-order valence-corrected chi connectivity index (χ0v) is 16.7. The van der Waals surface area contributed by atoms with E-state index in [4.69, 9.17) is 4.74 Å². The van der Waals surface area contributed by atoms with E-state index in [1.807, 2.05) is 66.7 Å². The fourth-order valence-electron chi connectivity index (χ4n) is 3.05. The van der Waals surface area contributed by atoms with Crippen LogP contribution in [0.25, 0.3) is 0 Å². The Hall–Kier alpha value is -3.40. The Bertz CT molecular complexity index is 963. The summed E-state index contributed by atoms with van der Waals surface area (Å²) in [5.74, 6) is -0.435. The predicted molar refractivity (Wildman–Crippen MR) is 115 cm³/mol. The first kappa shape index (κ1) is 20.3. The Kier molecular flexibility index (Phi) is 6.80. The van der Waals surface area contributed by atoms with Crippen LogP contribution in [0, 0.1) is 0 Å². The SMILES string of the molecule is CC(C)c1ccc(NC(=O)COC(=O)c2ccccc2Cc2ccccc2)cc1. The average molecular weight is 387 g/mol. The van der Waals surface area contributed by atoms with E-state index < -0.39 is 5.97 Å². The maximum atomic E-state index is 12.5. The van der Waals surface area contributed by atoms with E-state index in [0.717, 1.165) is 11.1 Å². The summed E-state index contributed by atoms with van der Waals surface area (Å²) in [4.78, 5) is 24.7. The molecule has 0 aliphatic carbocycles. The predicted octanol–water partition coefficient (Wildman–Crippen LogP) is 5.20. The van der Waals surface area contributed by atoms with Crippen molar-refractivity contribution < 1.29 is 14.3 Å². The molecule has 1 N–H and O–H groups in total. The lowest BCUT2D eigenvalue weighted by Gasteiger charge is -2.11. The van der Waals surface area contributed by atoms with Gasteiger partial charge in [-0.25, -0.2) is 4.79 Å². The summed E-state index contributed by atoms with van der Waals surface area (Å²) < 4.78 is 5.25. The molecule has 0 saturated carbocycles. The largest absolute Gasteiger partial charge is 0.452 e. The second kappa shape index (κ2) is 9.69. The highest BCUT2D eigenvalue weighted by Crippen LogP contribution is 2.18. The number of rotatable bonds is 7. The first-order valence-electron chi connectivity index (χ1n) is 9.71. The molecule has 0 aliphatic rings. The van der Waals surface area contributed by atoms with Gasteiger partial charge in [-0.2, -0.15) is 0 Å². The molecule has 3 rings (SSSR count). The summed E-state index contributed by atoms with van der Waals surface area (Å²) in [5, 5.41) is 2.75. The number of anilines is 1. The minimum Gasteiger partial charge on any atom is -0.452 e. The van der Waals surface area contributed by atoms with Gasteiger partial charge in [0, 0.05) is 5.69 Å². The van der Waals surface area contributed by atoms with Crippen LogP contribution in [-0.2, 0) is 16.0 Å². The number of hydrogen-bond acceptors (Lipinski definition) is 3. The van der Waals surface area contributed by atoms with Gasteiger partial charge >= 0.3 is 5.97 Å². The number of carbonyl (C=O) groups is 2. The van der Waals surface area contributed by atoms with Crippen molar-refractivity contribution in [1.82, 2.24) is 0 Å². The van der Waals surface area contributed by atoms with E-state index >= 15 is 0 Å². The van der Waals surface area contributed by atoms with E-state index in [2.05, 4.69) is 19.2 Å². The van der Waals surface area contributed by atoms with E-state index in [1.165, 1.54) is 5.56 Å². The lowest BCUT2D eigenvalue weighted by Crippen LogP contribution is -2.21. The van der Waals surface area contributed by atoms with Crippen molar-refractivity contribution in [3.8, 4) is 0 Å². The number of benzene rings is 3. The topological polar surface area (TPSA) is 55.4 Å². The molecule has 0 fully saturated rings. The van der Waals surface area contributed by atoms with E-state index in [1.54, 1.807) is 12.1 Å². The Morgan fingerprint density at radius 2 is 1.52 bits per heavy atom. The van der Waals surface area contributed by atoms with Crippen LogP contribution >= 0.6 is 0 Å². The summed E-state index contributed by atoms with van der Waals surface area (Å²) in [6.07, 6.45) is 0.626. The van der Waals surface area contributed by atoms with Gasteiger partial charge in [0.25, 0.3) is 5.91 Å². The molecule has 0 aromatic heterocycles. The Balaban J connectivity index is 1.58. The second-order valence-corrected chi connectivity index (χ2v) is 7.22. The summed E-state index contributed by atoms with van der Waals surface area (Å²) in [6.45, 7) is 3.90. The van der Waals surface area contributed by atoms with Gasteiger partial charge in [-0.15, -0.1) is 0 Å². The van der Waals surface area contributed by atoms with Gasteiger partial charge in [0.05, 0.1) is 5.56 Å². The fourth-order valence-corrected chi connectivity index (χ4v) is 3.05. The van der Waals surface area contributed by atoms with E-state index in [9.17, 15) is 9.59 Å². The first-order valence-corrected chi connectivity index (χ1v) is 9.71. The van der Waals surface area contributed by atoms with Crippen LogP contribution < -0.4 is 5.32 Å². The minimum absolute atomic E-state index is 0.329. The minimum atomic E-state index is -0.498. The number of nitrogens with one attached hydrogen (secondary N) is 1. The lowest BCUT2D eigenvalue weighted by atomic mass is 10.00. The third-order valence-electron chi connectivity index (χ3n) is 4.67. The molecular formula is C25H25NO3. The Labute approximate surface area is 171 Å². The van der Waals surface area contributed by atoms with Gasteiger partial charge in [-0.3, -0.25) is 4.79 Å². The van der Waals surface area contributed by atoms with Crippen molar-refractivity contribution in [2.45, 2.75) is 26.2 Å². The highest BCUT2D eigenvalue weighted by Gasteiger charge is 2.14. The molecule has 4 nitrogen and oxygen atoms in total. The number of esters is 1. The standard InChI is InChI=1S/C25H25NO3/c1-18(2)20-12-14-22(15-13-20)26-24(27)17-29-25(28)23-11-7-6-10-21(23)16-19-8-4-3-5-9-19/h3-15,18H,16-17H2,1-2H3,(H,26,27). The number of hydrogen-bond donors (Lipinski definition) is 1. The maximum absolute atomic E-state index is 12.5. The van der Waals surface area contributed by atoms with Crippen LogP contribution in [0.3, 0.4) is 0 Å². The molecule has 4 heteroatoms. The molecule has 3 aromatic rings. The van der Waals surface area contributed by atoms with Gasteiger partial charge in [0.2, 0.25) is 0 Å². The summed E-state index contributed by atoms with van der Waals surface area (Å²) in [6, 6.07) is 24.9. The van der Waals surface area contributed by atoms with Gasteiger partial charge in [0.1, 0.15) is 0 Å². The monoisotopic (exact) mass is 387 g/mol. The van der Waals surface area contributed by atoms with Crippen LogP contribution in [0.2, 0.25) is 0 Å². The summed E-state index contributed by atoms with van der Waals surface area (Å²) in [7, 11) is 0. The van der Waals surface area contributed by atoms with Gasteiger partial charge < -0.3 is 10.1 Å². The molecular weight excluding hydrogens is 362 g/mol. The summed E-state index contributed by atoms with van der Waals surface area (Å²) in [5.41, 5.74) is 4.33. The molecule has 1 amide bonds. The highest BCUT2D eigenvalue weighted by molar-refractivity contribution is 5.96. The van der Waals surface area contributed by atoms with Crippen molar-refractivity contribution in [1.29, 1.82) is 0 Å². The van der Waals surface area contributed by atoms with Crippen LogP contribution in [0.5, 0.6) is 0 Å². The molecule has 0 spiro atoms. The fraction of sp³-hybridized carbons (Fsp3) is 0.200. The number of carbonyl (C=O) groups excluding carboxylic acids is 2. The number of ether oxygens (including phenoxy) is 1. The first-order chi connectivity index (χ1) is 14.0. The van der Waals surface area contributed by atoms with E-state index in [0.29, 0.717) is 23.6 Å². The highest BCUT2D eigenvalue weighted by atomic mass is 16.5. The number of amides is 1. The Morgan fingerprint density at radius 1 is 0.862 bits per heavy atom. The van der Waals surface area contributed by atoms with Gasteiger partial charge in [-0.05, 0) is 47.2 Å².